The zero-order valence-electron chi connectivity index (χ0n) is 16.6. The van der Waals surface area contributed by atoms with Crippen molar-refractivity contribution in [2.75, 3.05) is 23.4 Å². The van der Waals surface area contributed by atoms with E-state index in [0.29, 0.717) is 16.3 Å². The lowest BCUT2D eigenvalue weighted by atomic mass is 10.1. The molecule has 0 fully saturated rings. The van der Waals surface area contributed by atoms with Crippen molar-refractivity contribution < 1.29 is 14.4 Å². The first-order chi connectivity index (χ1) is 15.0. The molecule has 154 valence electrons. The van der Waals surface area contributed by atoms with Gasteiger partial charge in [0.1, 0.15) is 17.6 Å². The highest BCUT2D eigenvalue weighted by molar-refractivity contribution is 7.99. The van der Waals surface area contributed by atoms with Gasteiger partial charge in [0.05, 0.1) is 11.3 Å². The lowest BCUT2D eigenvalue weighted by molar-refractivity contribution is -0.126. The van der Waals surface area contributed by atoms with Gasteiger partial charge in [-0.15, -0.1) is 0 Å². The Balaban J connectivity index is 1.45. The maximum Gasteiger partial charge on any atom is 0.259 e. The Morgan fingerprint density at radius 3 is 2.65 bits per heavy atom. The van der Waals surface area contributed by atoms with Crippen LogP contribution < -0.4 is 15.1 Å². The molecule has 31 heavy (non-hydrogen) atoms. The highest BCUT2D eigenvalue weighted by Gasteiger charge is 2.37. The number of nitrogens with zero attached hydrogens (tertiary/aromatic N) is 3. The van der Waals surface area contributed by atoms with Crippen LogP contribution in [-0.2, 0) is 9.59 Å². The number of likely N-dealkylation sites (N-methyl/N-ethyl adjacent to an activating group) is 1. The number of hydrogen-bond donors (Lipinski definition) is 1. The molecule has 0 spiro atoms. The average molecular weight is 430 g/mol. The third kappa shape index (κ3) is 3.25. The number of nitrogens with one attached hydrogen (secondary N) is 1. The van der Waals surface area contributed by atoms with E-state index in [4.69, 9.17) is 0 Å². The molecule has 3 aromatic rings. The minimum absolute atomic E-state index is 0.209. The van der Waals surface area contributed by atoms with Gasteiger partial charge in [0.15, 0.2) is 0 Å². The van der Waals surface area contributed by atoms with Crippen molar-refractivity contribution in [3.8, 4) is 0 Å². The molecule has 1 atom stereocenters. The maximum absolute atomic E-state index is 13.3. The van der Waals surface area contributed by atoms with E-state index < -0.39 is 11.9 Å². The number of pyridine rings is 1. The molecule has 2 aromatic carbocycles. The summed E-state index contributed by atoms with van der Waals surface area (Å²) in [6.45, 7) is -0.220. The van der Waals surface area contributed by atoms with Gasteiger partial charge in [0, 0.05) is 29.4 Å². The smallest absolute Gasteiger partial charge is 0.259 e. The molecule has 7 nitrogen and oxygen atoms in total. The third-order valence-electron chi connectivity index (χ3n) is 5.40. The van der Waals surface area contributed by atoms with Gasteiger partial charge in [-0.25, -0.2) is 4.98 Å². The van der Waals surface area contributed by atoms with Crippen LogP contribution in [0.5, 0.6) is 0 Å². The van der Waals surface area contributed by atoms with E-state index in [-0.39, 0.29) is 18.4 Å². The van der Waals surface area contributed by atoms with Crippen molar-refractivity contribution in [2.45, 2.75) is 16.0 Å². The molecule has 2 aliphatic heterocycles. The van der Waals surface area contributed by atoms with Crippen molar-refractivity contribution in [3.63, 3.8) is 0 Å². The Morgan fingerprint density at radius 2 is 1.77 bits per heavy atom. The summed E-state index contributed by atoms with van der Waals surface area (Å²) in [7, 11) is 1.68. The van der Waals surface area contributed by atoms with Crippen molar-refractivity contribution in [1.29, 1.82) is 0 Å². The second kappa shape index (κ2) is 7.55. The summed E-state index contributed by atoms with van der Waals surface area (Å²) >= 11 is 1.40. The molecule has 1 aromatic heterocycles. The lowest BCUT2D eigenvalue weighted by Crippen LogP contribution is -2.44. The Kier molecular flexibility index (Phi) is 4.71. The average Bonchev–Trinajstić information content (AvgIpc) is 2.95. The molecule has 1 N–H and O–H groups in total. The number of aromatic nitrogens is 1. The Labute approximate surface area is 183 Å². The number of fused-ring (bicyclic) bond motifs is 3. The number of benzene rings is 2. The predicted molar refractivity (Wildman–Crippen MR) is 117 cm³/mol. The number of amides is 3. The van der Waals surface area contributed by atoms with E-state index in [2.05, 4.69) is 10.3 Å². The predicted octanol–water partition coefficient (Wildman–Crippen LogP) is 3.03. The number of carbonyl (C=O) groups is 3. The molecule has 2 aliphatic rings. The molecule has 8 heteroatoms. The van der Waals surface area contributed by atoms with Gasteiger partial charge in [-0.3, -0.25) is 19.3 Å². The monoisotopic (exact) mass is 430 g/mol. The fourth-order valence-corrected chi connectivity index (χ4v) is 4.90. The summed E-state index contributed by atoms with van der Waals surface area (Å²) in [5.41, 5.74) is 2.59. The Hall–Kier alpha value is -3.65. The summed E-state index contributed by atoms with van der Waals surface area (Å²) in [5.74, 6) is -0.907. The number of para-hydroxylation sites is 1. The van der Waals surface area contributed by atoms with Crippen LogP contribution in [-0.4, -0.2) is 36.3 Å². The SMILES string of the molecule is CN1C(=O)[C@H](NC(=O)CN2C(=O)c3ccccc3Sc3ncccc32)c2ccccc21. The molecule has 0 unspecified atom stereocenters. The van der Waals surface area contributed by atoms with Gasteiger partial charge >= 0.3 is 0 Å². The van der Waals surface area contributed by atoms with Gasteiger partial charge < -0.3 is 10.2 Å². The molecule has 0 saturated carbocycles. The molecule has 3 heterocycles. The van der Waals surface area contributed by atoms with Crippen LogP contribution in [0.4, 0.5) is 11.4 Å². The summed E-state index contributed by atoms with van der Waals surface area (Å²) in [6, 6.07) is 17.4. The Morgan fingerprint density at radius 1 is 1.03 bits per heavy atom. The minimum atomic E-state index is -0.772. The normalized spacial score (nSPS) is 17.0. The standard InChI is InChI=1S/C23H18N4O3S/c1-26-16-9-4-2-7-14(16)20(23(26)30)25-19(28)13-27-17-10-6-12-24-21(17)31-18-11-5-3-8-15(18)22(27)29/h2-12,20H,13H2,1H3,(H,25,28)/t20-/m1/s1. The maximum atomic E-state index is 13.3. The molecule has 3 amide bonds. The van der Waals surface area contributed by atoms with E-state index in [9.17, 15) is 14.4 Å². The fourth-order valence-electron chi connectivity index (χ4n) is 3.89. The second-order valence-electron chi connectivity index (χ2n) is 7.27. The fraction of sp³-hybridized carbons (Fsp3) is 0.130. The first kappa shape index (κ1) is 19.3. The summed E-state index contributed by atoms with van der Waals surface area (Å²) in [4.78, 5) is 47.2. The molecule has 0 bridgehead atoms. The first-order valence-corrected chi connectivity index (χ1v) is 10.6. The minimum Gasteiger partial charge on any atom is -0.339 e. The van der Waals surface area contributed by atoms with E-state index in [1.54, 1.807) is 37.5 Å². The third-order valence-corrected chi connectivity index (χ3v) is 6.49. The van der Waals surface area contributed by atoms with Gasteiger partial charge in [-0.05, 0) is 30.3 Å². The van der Waals surface area contributed by atoms with Crippen LogP contribution in [0.2, 0.25) is 0 Å². The molecule has 5 rings (SSSR count). The summed E-state index contributed by atoms with van der Waals surface area (Å²) in [5, 5.41) is 3.46. The largest absolute Gasteiger partial charge is 0.339 e. The number of hydrogen-bond acceptors (Lipinski definition) is 5. The number of carbonyl (C=O) groups excluding carboxylic acids is 3. The van der Waals surface area contributed by atoms with E-state index >= 15 is 0 Å². The van der Waals surface area contributed by atoms with Crippen LogP contribution in [0.25, 0.3) is 0 Å². The van der Waals surface area contributed by atoms with Gasteiger partial charge in [0.2, 0.25) is 5.91 Å². The molecule has 0 saturated heterocycles. The summed E-state index contributed by atoms with van der Waals surface area (Å²) < 4.78 is 0. The lowest BCUT2D eigenvalue weighted by Gasteiger charge is -2.23. The molecular formula is C23H18N4O3S. The van der Waals surface area contributed by atoms with Crippen LogP contribution in [0.1, 0.15) is 22.0 Å². The van der Waals surface area contributed by atoms with Crippen LogP contribution >= 0.6 is 11.8 Å². The van der Waals surface area contributed by atoms with E-state index in [1.165, 1.54) is 21.6 Å². The van der Waals surface area contributed by atoms with Gasteiger partial charge in [-0.2, -0.15) is 0 Å². The second-order valence-corrected chi connectivity index (χ2v) is 8.30. The van der Waals surface area contributed by atoms with Crippen LogP contribution in [0, 0.1) is 0 Å². The zero-order chi connectivity index (χ0) is 21.5. The zero-order valence-corrected chi connectivity index (χ0v) is 17.4. The van der Waals surface area contributed by atoms with E-state index in [1.807, 2.05) is 36.4 Å². The van der Waals surface area contributed by atoms with Crippen molar-refractivity contribution in [3.05, 3.63) is 78.0 Å². The van der Waals surface area contributed by atoms with Crippen molar-refractivity contribution in [2.24, 2.45) is 0 Å². The number of anilines is 2. The Bertz CT molecular complexity index is 1230. The van der Waals surface area contributed by atoms with Crippen molar-refractivity contribution in [1.82, 2.24) is 10.3 Å². The highest BCUT2D eigenvalue weighted by atomic mass is 32.2. The van der Waals surface area contributed by atoms with Gasteiger partial charge in [-0.1, -0.05) is 42.1 Å². The molecule has 0 radical (unpaired) electrons. The summed E-state index contributed by atoms with van der Waals surface area (Å²) in [6.07, 6.45) is 1.66. The topological polar surface area (TPSA) is 82.6 Å². The van der Waals surface area contributed by atoms with Gasteiger partial charge in [0.25, 0.3) is 11.8 Å². The van der Waals surface area contributed by atoms with E-state index in [0.717, 1.165) is 16.1 Å². The number of rotatable bonds is 3. The highest BCUT2D eigenvalue weighted by Crippen LogP contribution is 2.40. The first-order valence-electron chi connectivity index (χ1n) is 9.74. The quantitative estimate of drug-likeness (QED) is 0.691. The van der Waals surface area contributed by atoms with Crippen LogP contribution in [0.15, 0.2) is 76.8 Å². The van der Waals surface area contributed by atoms with Crippen LogP contribution in [0.3, 0.4) is 0 Å². The molecular weight excluding hydrogens is 412 g/mol. The van der Waals surface area contributed by atoms with Crippen molar-refractivity contribution >= 4 is 40.9 Å². The molecule has 0 aliphatic carbocycles.